The van der Waals surface area contributed by atoms with Crippen molar-refractivity contribution < 1.29 is 9.47 Å². The Bertz CT molecular complexity index is 373. The van der Waals surface area contributed by atoms with E-state index in [9.17, 15) is 0 Å². The molecule has 0 saturated carbocycles. The summed E-state index contributed by atoms with van der Waals surface area (Å²) in [6.07, 6.45) is 0.427. The smallest absolute Gasteiger partial charge is 0.0878 e. The Morgan fingerprint density at radius 1 is 0.650 bits per heavy atom. The van der Waals surface area contributed by atoms with Crippen LogP contribution < -0.4 is 0 Å². The topological polar surface area (TPSA) is 18.5 Å². The van der Waals surface area contributed by atoms with Crippen molar-refractivity contribution in [2.75, 3.05) is 0 Å². The highest BCUT2D eigenvalue weighted by Crippen LogP contribution is 2.30. The fourth-order valence-electron chi connectivity index (χ4n) is 2.59. The summed E-state index contributed by atoms with van der Waals surface area (Å²) in [5.41, 5.74) is 1.84. The molecule has 114 valence electrons. The minimum absolute atomic E-state index is 0.213. The van der Waals surface area contributed by atoms with Crippen LogP contribution in [0.15, 0.2) is 24.3 Å². The molecular formula is C18H30O2. The quantitative estimate of drug-likeness (QED) is 0.728. The minimum Gasteiger partial charge on any atom is -0.368 e. The predicted octanol–water partition coefficient (Wildman–Crippen LogP) is 5.01. The van der Waals surface area contributed by atoms with Gasteiger partial charge in [-0.25, -0.2) is 0 Å². The van der Waals surface area contributed by atoms with E-state index in [1.165, 1.54) is 11.1 Å². The molecule has 0 aromatic heterocycles. The van der Waals surface area contributed by atoms with Crippen molar-refractivity contribution >= 4 is 0 Å². The number of rotatable bonds is 6. The van der Waals surface area contributed by atoms with Crippen LogP contribution in [0.25, 0.3) is 0 Å². The molecule has 0 aliphatic carbocycles. The van der Waals surface area contributed by atoms with Gasteiger partial charge in [-0.3, -0.25) is 0 Å². The lowest BCUT2D eigenvalue weighted by Gasteiger charge is -2.31. The summed E-state index contributed by atoms with van der Waals surface area (Å²) < 4.78 is 12.0. The molecule has 0 aliphatic heterocycles. The third-order valence-corrected chi connectivity index (χ3v) is 3.34. The fraction of sp³-hybridized carbons (Fsp3) is 0.667. The predicted molar refractivity (Wildman–Crippen MR) is 84.9 cm³/mol. The van der Waals surface area contributed by atoms with Crippen LogP contribution in [0, 0.1) is 0 Å². The third-order valence-electron chi connectivity index (χ3n) is 3.34. The van der Waals surface area contributed by atoms with Gasteiger partial charge in [0, 0.05) is 0 Å². The van der Waals surface area contributed by atoms with Crippen LogP contribution in [0.3, 0.4) is 0 Å². The van der Waals surface area contributed by atoms with Crippen molar-refractivity contribution in [1.82, 2.24) is 0 Å². The average Bonchev–Trinajstić information content (AvgIpc) is 2.25. The largest absolute Gasteiger partial charge is 0.368 e. The van der Waals surface area contributed by atoms with Crippen LogP contribution in [0.5, 0.6) is 0 Å². The summed E-state index contributed by atoms with van der Waals surface area (Å²) >= 11 is 0. The maximum absolute atomic E-state index is 5.98. The molecule has 1 aromatic carbocycles. The van der Waals surface area contributed by atoms with Gasteiger partial charge < -0.3 is 9.47 Å². The Kier molecular flexibility index (Phi) is 5.39. The zero-order valence-corrected chi connectivity index (χ0v) is 14.3. The Balaban J connectivity index is 2.94. The van der Waals surface area contributed by atoms with Gasteiger partial charge in [0.1, 0.15) is 0 Å². The van der Waals surface area contributed by atoms with E-state index in [2.05, 4.69) is 79.7 Å². The van der Waals surface area contributed by atoms with Gasteiger partial charge >= 0.3 is 0 Å². The molecule has 2 heteroatoms. The SMILES string of the molecule is CC(C)OC(C)(C)c1ccc(C(C)(C)OC(C)C)cc1. The Hall–Kier alpha value is -0.860. The van der Waals surface area contributed by atoms with Crippen LogP contribution in [0.4, 0.5) is 0 Å². The van der Waals surface area contributed by atoms with Crippen LogP contribution in [-0.2, 0) is 20.7 Å². The molecule has 0 saturated heterocycles. The van der Waals surface area contributed by atoms with E-state index in [4.69, 9.17) is 9.47 Å². The second kappa shape index (κ2) is 6.28. The third kappa shape index (κ3) is 4.60. The van der Waals surface area contributed by atoms with Crippen LogP contribution in [0.1, 0.15) is 66.5 Å². The maximum atomic E-state index is 5.98. The first-order valence-corrected chi connectivity index (χ1v) is 7.51. The van der Waals surface area contributed by atoms with Crippen LogP contribution >= 0.6 is 0 Å². The molecule has 2 nitrogen and oxygen atoms in total. The molecule has 0 N–H and O–H groups in total. The molecule has 0 radical (unpaired) electrons. The van der Waals surface area contributed by atoms with E-state index in [1.54, 1.807) is 0 Å². The van der Waals surface area contributed by atoms with E-state index in [0.717, 1.165) is 0 Å². The van der Waals surface area contributed by atoms with Crippen molar-refractivity contribution in [3.05, 3.63) is 35.4 Å². The van der Waals surface area contributed by atoms with Gasteiger partial charge in [-0.15, -0.1) is 0 Å². The summed E-state index contributed by atoms with van der Waals surface area (Å²) in [7, 11) is 0. The zero-order chi connectivity index (χ0) is 15.6. The fourth-order valence-corrected chi connectivity index (χ4v) is 2.59. The summed E-state index contributed by atoms with van der Waals surface area (Å²) in [6, 6.07) is 8.57. The van der Waals surface area contributed by atoms with Gasteiger partial charge in [0.25, 0.3) is 0 Å². The van der Waals surface area contributed by atoms with E-state index in [0.29, 0.717) is 0 Å². The Labute approximate surface area is 124 Å². The van der Waals surface area contributed by atoms with Gasteiger partial charge in [0.15, 0.2) is 0 Å². The van der Waals surface area contributed by atoms with Gasteiger partial charge in [-0.1, -0.05) is 24.3 Å². The van der Waals surface area contributed by atoms with Crippen LogP contribution in [-0.4, -0.2) is 12.2 Å². The molecule has 0 amide bonds. The van der Waals surface area contributed by atoms with E-state index in [1.807, 2.05) is 0 Å². The van der Waals surface area contributed by atoms with Crippen molar-refractivity contribution in [2.24, 2.45) is 0 Å². The highest BCUT2D eigenvalue weighted by Gasteiger charge is 2.26. The molecule has 0 unspecified atom stereocenters. The molecule has 20 heavy (non-hydrogen) atoms. The Morgan fingerprint density at radius 3 is 1.10 bits per heavy atom. The van der Waals surface area contributed by atoms with Gasteiger partial charge in [-0.05, 0) is 66.5 Å². The molecule has 0 spiro atoms. The molecule has 0 atom stereocenters. The molecule has 0 heterocycles. The Morgan fingerprint density at radius 2 is 0.900 bits per heavy atom. The van der Waals surface area contributed by atoms with Gasteiger partial charge in [0.05, 0.1) is 23.4 Å². The van der Waals surface area contributed by atoms with Gasteiger partial charge in [0.2, 0.25) is 0 Å². The lowest BCUT2D eigenvalue weighted by molar-refractivity contribution is -0.0625. The number of hydrogen-bond acceptors (Lipinski definition) is 2. The number of ether oxygens (including phenoxy) is 2. The van der Waals surface area contributed by atoms with Crippen molar-refractivity contribution in [1.29, 1.82) is 0 Å². The number of benzene rings is 1. The monoisotopic (exact) mass is 278 g/mol. The van der Waals surface area contributed by atoms with E-state index < -0.39 is 0 Å². The molecule has 0 fully saturated rings. The first-order chi connectivity index (χ1) is 9.04. The maximum Gasteiger partial charge on any atom is 0.0878 e. The molecule has 0 bridgehead atoms. The van der Waals surface area contributed by atoms with E-state index >= 15 is 0 Å². The van der Waals surface area contributed by atoms with Crippen molar-refractivity contribution in [3.8, 4) is 0 Å². The first-order valence-electron chi connectivity index (χ1n) is 7.51. The van der Waals surface area contributed by atoms with Crippen LogP contribution in [0.2, 0.25) is 0 Å². The molecule has 0 aliphatic rings. The number of hydrogen-bond donors (Lipinski definition) is 0. The lowest BCUT2D eigenvalue weighted by atomic mass is 9.92. The van der Waals surface area contributed by atoms with E-state index in [-0.39, 0.29) is 23.4 Å². The normalized spacial score (nSPS) is 13.3. The lowest BCUT2D eigenvalue weighted by Crippen LogP contribution is -2.27. The molecule has 1 aromatic rings. The van der Waals surface area contributed by atoms with Crippen molar-refractivity contribution in [3.63, 3.8) is 0 Å². The first kappa shape index (κ1) is 17.2. The second-order valence-electron chi connectivity index (χ2n) is 6.93. The highest BCUT2D eigenvalue weighted by molar-refractivity contribution is 5.29. The van der Waals surface area contributed by atoms with Gasteiger partial charge in [-0.2, -0.15) is 0 Å². The summed E-state index contributed by atoms with van der Waals surface area (Å²) in [5, 5.41) is 0. The zero-order valence-electron chi connectivity index (χ0n) is 14.3. The molecular weight excluding hydrogens is 248 g/mol. The summed E-state index contributed by atoms with van der Waals surface area (Å²) in [6.45, 7) is 16.7. The highest BCUT2D eigenvalue weighted by atomic mass is 16.5. The standard InChI is InChI=1S/C18H30O2/c1-13(2)19-17(5,6)15-9-11-16(12-10-15)18(7,8)20-14(3)4/h9-14H,1-8H3. The summed E-state index contributed by atoms with van der Waals surface area (Å²) in [4.78, 5) is 0. The van der Waals surface area contributed by atoms with Crippen molar-refractivity contribution in [2.45, 2.75) is 78.8 Å². The minimum atomic E-state index is -0.268. The second-order valence-corrected chi connectivity index (χ2v) is 6.93. The average molecular weight is 278 g/mol. The molecule has 1 rings (SSSR count). The summed E-state index contributed by atoms with van der Waals surface area (Å²) in [5.74, 6) is 0.